The van der Waals surface area contributed by atoms with Gasteiger partial charge in [-0.2, -0.15) is 36.4 Å². The monoisotopic (exact) mass is 521 g/mol. The molecular formula is C20H18ClF6N7O. The van der Waals surface area contributed by atoms with Crippen LogP contribution in [0.5, 0.6) is 5.75 Å². The van der Waals surface area contributed by atoms with Gasteiger partial charge in [-0.1, -0.05) is 11.6 Å². The lowest BCUT2D eigenvalue weighted by Crippen LogP contribution is -2.48. The molecule has 8 nitrogen and oxygen atoms in total. The van der Waals surface area contributed by atoms with Crippen molar-refractivity contribution in [3.05, 3.63) is 35.2 Å². The van der Waals surface area contributed by atoms with Gasteiger partial charge in [0.1, 0.15) is 5.69 Å². The van der Waals surface area contributed by atoms with Crippen molar-refractivity contribution >= 4 is 28.9 Å². The fourth-order valence-corrected chi connectivity index (χ4v) is 4.97. The van der Waals surface area contributed by atoms with Crippen molar-refractivity contribution in [1.82, 2.24) is 24.8 Å². The summed E-state index contributed by atoms with van der Waals surface area (Å²) in [5.74, 6) is -0.288. The van der Waals surface area contributed by atoms with Crippen LogP contribution in [0.1, 0.15) is 18.5 Å². The summed E-state index contributed by atoms with van der Waals surface area (Å²) in [5.41, 5.74) is -0.798. The molecule has 1 aliphatic carbocycles. The van der Waals surface area contributed by atoms with Crippen LogP contribution in [0.2, 0.25) is 5.15 Å². The molecule has 188 valence electrons. The highest BCUT2D eigenvalue weighted by atomic mass is 35.5. The quantitative estimate of drug-likeness (QED) is 0.497. The first-order chi connectivity index (χ1) is 16.5. The summed E-state index contributed by atoms with van der Waals surface area (Å²) in [5, 5.41) is 14.9. The van der Waals surface area contributed by atoms with E-state index in [4.69, 9.17) is 16.3 Å². The third-order valence-electron chi connectivity index (χ3n) is 6.24. The molecule has 1 saturated heterocycles. The van der Waals surface area contributed by atoms with Crippen LogP contribution in [-0.2, 0) is 6.18 Å². The van der Waals surface area contributed by atoms with Crippen molar-refractivity contribution in [3.63, 3.8) is 0 Å². The Hall–Kier alpha value is -3.03. The lowest BCUT2D eigenvalue weighted by molar-refractivity contribution is -0.153. The molecule has 3 aromatic heterocycles. The molecule has 2 bridgehead atoms. The number of hydrogen-bond donors (Lipinski definition) is 1. The van der Waals surface area contributed by atoms with Crippen LogP contribution in [0.3, 0.4) is 0 Å². The van der Waals surface area contributed by atoms with Crippen molar-refractivity contribution in [2.45, 2.75) is 31.2 Å². The molecule has 2 fully saturated rings. The Balaban J connectivity index is 1.40. The number of alkyl halides is 6. The maximum Gasteiger partial charge on any atom is 0.433 e. The molecule has 1 aliphatic heterocycles. The Kier molecular flexibility index (Phi) is 5.80. The zero-order valence-corrected chi connectivity index (χ0v) is 18.6. The van der Waals surface area contributed by atoms with E-state index in [1.165, 1.54) is 0 Å². The van der Waals surface area contributed by atoms with E-state index in [1.807, 2.05) is 0 Å². The first-order valence-corrected chi connectivity index (χ1v) is 11.0. The lowest BCUT2D eigenvalue weighted by atomic mass is 9.92. The zero-order chi connectivity index (χ0) is 25.0. The number of nitrogens with one attached hydrogen (secondary N) is 1. The average molecular weight is 522 g/mol. The second-order valence-electron chi connectivity index (χ2n) is 8.56. The van der Waals surface area contributed by atoms with Crippen LogP contribution in [0.15, 0.2) is 24.4 Å². The van der Waals surface area contributed by atoms with Crippen LogP contribution < -0.4 is 15.0 Å². The standard InChI is InChI=1S/C20H18ClF6N7O/c21-15-5-12(6-28-31-15)33-7-10-1-2-11(8-33)16(10)29-18-30-17-13(35-9-19(22,23)24)3-4-14(20(25,26)27)34(17)32-18/h3-6,10-11,16H,1-2,7-9H2,(H,29,32)/t10-,11+,16-. The van der Waals surface area contributed by atoms with Gasteiger partial charge in [0.25, 0.3) is 0 Å². The third kappa shape index (κ3) is 4.88. The van der Waals surface area contributed by atoms with Gasteiger partial charge in [-0.15, -0.1) is 10.2 Å². The third-order valence-corrected chi connectivity index (χ3v) is 6.42. The average Bonchev–Trinajstić information content (AvgIpc) is 3.27. The van der Waals surface area contributed by atoms with Crippen LogP contribution in [0, 0.1) is 11.8 Å². The zero-order valence-electron chi connectivity index (χ0n) is 17.8. The van der Waals surface area contributed by atoms with Gasteiger partial charge in [0.2, 0.25) is 5.95 Å². The van der Waals surface area contributed by atoms with Crippen molar-refractivity contribution in [2.24, 2.45) is 11.8 Å². The fourth-order valence-electron chi connectivity index (χ4n) is 4.81. The Bertz CT molecular complexity index is 1220. The molecule has 0 spiro atoms. The summed E-state index contributed by atoms with van der Waals surface area (Å²) in [6.45, 7) is -0.366. The molecule has 4 heterocycles. The molecule has 1 N–H and O–H groups in total. The van der Waals surface area contributed by atoms with Gasteiger partial charge in [0.05, 0.1) is 11.9 Å². The molecule has 35 heavy (non-hydrogen) atoms. The number of piperidine rings is 1. The normalized spacial score (nSPS) is 22.6. The molecular weight excluding hydrogens is 504 g/mol. The number of hydrogen-bond acceptors (Lipinski definition) is 7. The van der Waals surface area contributed by atoms with Gasteiger partial charge in [-0.05, 0) is 36.8 Å². The van der Waals surface area contributed by atoms with E-state index < -0.39 is 36.1 Å². The number of rotatable bonds is 5. The molecule has 0 aromatic carbocycles. The van der Waals surface area contributed by atoms with E-state index in [0.717, 1.165) is 24.6 Å². The van der Waals surface area contributed by atoms with E-state index in [2.05, 4.69) is 30.5 Å². The summed E-state index contributed by atoms with van der Waals surface area (Å²) < 4.78 is 83.5. The minimum Gasteiger partial charge on any atom is -0.480 e. The van der Waals surface area contributed by atoms with Crippen LogP contribution >= 0.6 is 11.6 Å². The molecule has 5 rings (SSSR count). The number of anilines is 2. The highest BCUT2D eigenvalue weighted by Gasteiger charge is 2.43. The van der Waals surface area contributed by atoms with Crippen molar-refractivity contribution < 1.29 is 31.1 Å². The second kappa shape index (κ2) is 8.57. The van der Waals surface area contributed by atoms with Crippen LogP contribution in [0.4, 0.5) is 38.0 Å². The molecule has 15 heteroatoms. The Morgan fingerprint density at radius 3 is 2.43 bits per heavy atom. The summed E-state index contributed by atoms with van der Waals surface area (Å²) in [4.78, 5) is 6.19. The number of aromatic nitrogens is 5. The van der Waals surface area contributed by atoms with Gasteiger partial charge >= 0.3 is 12.4 Å². The van der Waals surface area contributed by atoms with Crippen LogP contribution in [0.25, 0.3) is 5.65 Å². The Morgan fingerprint density at radius 1 is 1.09 bits per heavy atom. The van der Waals surface area contributed by atoms with Gasteiger partial charge in [0, 0.05) is 25.2 Å². The van der Waals surface area contributed by atoms with Crippen molar-refractivity contribution in [1.29, 1.82) is 0 Å². The molecule has 0 amide bonds. The number of fused-ring (bicyclic) bond motifs is 3. The fraction of sp³-hybridized carbons (Fsp3) is 0.500. The SMILES string of the molecule is FC(F)(F)COc1ccc(C(F)(F)F)n2nc(N[C@@H]3[C@@H]4CC[C@H]3CN(c3cnnc(Cl)c3)C4)nc12. The van der Waals surface area contributed by atoms with E-state index in [0.29, 0.717) is 23.7 Å². The lowest BCUT2D eigenvalue weighted by Gasteiger charge is -2.39. The Labute approximate surface area is 199 Å². The van der Waals surface area contributed by atoms with E-state index in [9.17, 15) is 26.3 Å². The van der Waals surface area contributed by atoms with E-state index in [-0.39, 0.29) is 29.0 Å². The number of ether oxygens (including phenoxy) is 1. The summed E-state index contributed by atoms with van der Waals surface area (Å²) in [6, 6.07) is 3.03. The summed E-state index contributed by atoms with van der Waals surface area (Å²) >= 11 is 5.95. The molecule has 2 aliphatic rings. The number of nitrogens with zero attached hydrogens (tertiary/aromatic N) is 6. The summed E-state index contributed by atoms with van der Waals surface area (Å²) in [6.07, 6.45) is -6.08. The molecule has 0 unspecified atom stereocenters. The van der Waals surface area contributed by atoms with E-state index >= 15 is 0 Å². The van der Waals surface area contributed by atoms with E-state index in [1.54, 1.807) is 12.3 Å². The smallest absolute Gasteiger partial charge is 0.433 e. The molecule has 1 saturated carbocycles. The highest BCUT2D eigenvalue weighted by molar-refractivity contribution is 6.29. The first kappa shape index (κ1) is 23.7. The Morgan fingerprint density at radius 2 is 1.80 bits per heavy atom. The van der Waals surface area contributed by atoms with Crippen molar-refractivity contribution in [3.8, 4) is 5.75 Å². The minimum atomic E-state index is -4.80. The minimum absolute atomic E-state index is 0.109. The molecule has 3 atom stereocenters. The first-order valence-electron chi connectivity index (χ1n) is 10.6. The van der Waals surface area contributed by atoms with Crippen LogP contribution in [-0.4, -0.2) is 56.7 Å². The number of halogens is 7. The summed E-state index contributed by atoms with van der Waals surface area (Å²) in [7, 11) is 0. The maximum absolute atomic E-state index is 13.5. The van der Waals surface area contributed by atoms with Gasteiger partial charge in [-0.25, -0.2) is 4.52 Å². The number of pyridine rings is 1. The topological polar surface area (TPSA) is 80.5 Å². The van der Waals surface area contributed by atoms with Crippen molar-refractivity contribution in [2.75, 3.05) is 29.9 Å². The molecule has 0 radical (unpaired) electrons. The van der Waals surface area contributed by atoms with Gasteiger partial charge in [-0.3, -0.25) is 0 Å². The predicted molar refractivity (Wildman–Crippen MR) is 112 cm³/mol. The molecule has 3 aromatic rings. The maximum atomic E-state index is 13.5. The highest BCUT2D eigenvalue weighted by Crippen LogP contribution is 2.40. The largest absolute Gasteiger partial charge is 0.480 e. The second-order valence-corrected chi connectivity index (χ2v) is 8.95. The van der Waals surface area contributed by atoms with Gasteiger partial charge < -0.3 is 15.0 Å². The predicted octanol–water partition coefficient (Wildman–Crippen LogP) is 4.46. The van der Waals surface area contributed by atoms with Gasteiger partial charge in [0.15, 0.2) is 23.2 Å².